The van der Waals surface area contributed by atoms with Crippen molar-refractivity contribution < 1.29 is 17.9 Å². The molecule has 1 aliphatic heterocycles. The van der Waals surface area contributed by atoms with Gasteiger partial charge in [-0.05, 0) is 48.2 Å². The maximum absolute atomic E-state index is 12.3. The van der Waals surface area contributed by atoms with Gasteiger partial charge in [0.15, 0.2) is 11.5 Å². The first-order valence-corrected chi connectivity index (χ1v) is 9.31. The minimum atomic E-state index is -3.53. The lowest BCUT2D eigenvalue weighted by molar-refractivity contribution is 0.174. The summed E-state index contributed by atoms with van der Waals surface area (Å²) in [6, 6.07) is 12.2. The zero-order chi connectivity index (χ0) is 15.6. The summed E-state index contributed by atoms with van der Waals surface area (Å²) in [5.41, 5.74) is 0.813. The third kappa shape index (κ3) is 3.21. The molecule has 0 saturated carbocycles. The van der Waals surface area contributed by atoms with Crippen molar-refractivity contribution in [2.24, 2.45) is 0 Å². The molecule has 1 heterocycles. The molecule has 0 amide bonds. The van der Waals surface area contributed by atoms with E-state index in [4.69, 9.17) is 9.47 Å². The lowest BCUT2D eigenvalue weighted by Crippen LogP contribution is -2.23. The Balaban J connectivity index is 1.71. The van der Waals surface area contributed by atoms with E-state index >= 15 is 0 Å². The molecule has 0 fully saturated rings. The van der Waals surface area contributed by atoms with Crippen molar-refractivity contribution in [1.29, 1.82) is 0 Å². The molecule has 5 nitrogen and oxygen atoms in total. The molecule has 1 N–H and O–H groups in total. The quantitative estimate of drug-likeness (QED) is 0.850. The number of hydrogen-bond donors (Lipinski definition) is 1. The Labute approximate surface area is 133 Å². The second-order valence-electron chi connectivity index (χ2n) is 4.69. The molecule has 3 rings (SSSR count). The first kappa shape index (κ1) is 15.2. The number of rotatable bonds is 5. The van der Waals surface area contributed by atoms with E-state index in [2.05, 4.69) is 4.72 Å². The Kier molecular flexibility index (Phi) is 4.28. The number of sulfonamides is 1. The van der Waals surface area contributed by atoms with E-state index in [0.29, 0.717) is 11.5 Å². The molecule has 0 saturated heterocycles. The SMILES string of the molecule is CSc1ccc(S(=O)(=O)NCc2ccc3c(c2)OCO3)cc1. The third-order valence-corrected chi connectivity index (χ3v) is 5.43. The van der Waals surface area contributed by atoms with Crippen LogP contribution in [0.15, 0.2) is 52.3 Å². The summed E-state index contributed by atoms with van der Waals surface area (Å²) < 4.78 is 37.6. The predicted molar refractivity (Wildman–Crippen MR) is 84.8 cm³/mol. The summed E-state index contributed by atoms with van der Waals surface area (Å²) in [5.74, 6) is 1.32. The van der Waals surface area contributed by atoms with Gasteiger partial charge in [0.05, 0.1) is 4.90 Å². The van der Waals surface area contributed by atoms with E-state index in [9.17, 15) is 8.42 Å². The molecular formula is C15H15NO4S2. The fourth-order valence-electron chi connectivity index (χ4n) is 2.07. The van der Waals surface area contributed by atoms with Gasteiger partial charge in [-0.15, -0.1) is 11.8 Å². The van der Waals surface area contributed by atoms with Gasteiger partial charge >= 0.3 is 0 Å². The fourth-order valence-corrected chi connectivity index (χ4v) is 3.49. The zero-order valence-electron chi connectivity index (χ0n) is 11.9. The van der Waals surface area contributed by atoms with Crippen molar-refractivity contribution >= 4 is 21.8 Å². The molecule has 0 atom stereocenters. The Morgan fingerprint density at radius 2 is 1.82 bits per heavy atom. The first-order chi connectivity index (χ1) is 10.6. The molecule has 22 heavy (non-hydrogen) atoms. The number of fused-ring (bicyclic) bond motifs is 1. The molecule has 7 heteroatoms. The Hall–Kier alpha value is -1.70. The van der Waals surface area contributed by atoms with Gasteiger partial charge in [0.25, 0.3) is 0 Å². The smallest absolute Gasteiger partial charge is 0.240 e. The second-order valence-corrected chi connectivity index (χ2v) is 7.33. The van der Waals surface area contributed by atoms with Crippen LogP contribution < -0.4 is 14.2 Å². The van der Waals surface area contributed by atoms with Gasteiger partial charge in [-0.1, -0.05) is 6.07 Å². The summed E-state index contributed by atoms with van der Waals surface area (Å²) >= 11 is 1.57. The van der Waals surface area contributed by atoms with Gasteiger partial charge in [-0.25, -0.2) is 13.1 Å². The number of benzene rings is 2. The van der Waals surface area contributed by atoms with Crippen LogP contribution in [0.3, 0.4) is 0 Å². The monoisotopic (exact) mass is 337 g/mol. The van der Waals surface area contributed by atoms with Crippen LogP contribution >= 0.6 is 11.8 Å². The molecule has 0 unspecified atom stereocenters. The van der Waals surface area contributed by atoms with Gasteiger partial charge in [-0.3, -0.25) is 0 Å². The van der Waals surface area contributed by atoms with Gasteiger partial charge < -0.3 is 9.47 Å². The average Bonchev–Trinajstić information content (AvgIpc) is 3.01. The molecule has 1 aliphatic rings. The largest absolute Gasteiger partial charge is 0.454 e. The maximum Gasteiger partial charge on any atom is 0.240 e. The summed E-state index contributed by atoms with van der Waals surface area (Å²) in [5, 5.41) is 0. The minimum Gasteiger partial charge on any atom is -0.454 e. The van der Waals surface area contributed by atoms with Crippen molar-refractivity contribution in [3.05, 3.63) is 48.0 Å². The third-order valence-electron chi connectivity index (χ3n) is 3.27. The molecule has 0 aromatic heterocycles. The van der Waals surface area contributed by atoms with Crippen molar-refractivity contribution in [2.45, 2.75) is 16.3 Å². The molecule has 0 radical (unpaired) electrons. The van der Waals surface area contributed by atoms with Crippen LogP contribution in [-0.2, 0) is 16.6 Å². The zero-order valence-corrected chi connectivity index (χ0v) is 13.5. The van der Waals surface area contributed by atoms with Crippen LogP contribution in [0.5, 0.6) is 11.5 Å². The van der Waals surface area contributed by atoms with E-state index in [0.717, 1.165) is 10.5 Å². The number of nitrogens with one attached hydrogen (secondary N) is 1. The van der Waals surface area contributed by atoms with Gasteiger partial charge in [0.2, 0.25) is 16.8 Å². The molecule has 2 aromatic carbocycles. The Morgan fingerprint density at radius 3 is 2.55 bits per heavy atom. The van der Waals surface area contributed by atoms with E-state index in [1.807, 2.05) is 12.3 Å². The highest BCUT2D eigenvalue weighted by atomic mass is 32.2. The van der Waals surface area contributed by atoms with Crippen molar-refractivity contribution in [3.8, 4) is 11.5 Å². The fraction of sp³-hybridized carbons (Fsp3) is 0.200. The maximum atomic E-state index is 12.3. The number of thioether (sulfide) groups is 1. The highest BCUT2D eigenvalue weighted by molar-refractivity contribution is 7.98. The van der Waals surface area contributed by atoms with Crippen molar-refractivity contribution in [2.75, 3.05) is 13.0 Å². The molecule has 0 aliphatic carbocycles. The molecule has 116 valence electrons. The highest BCUT2D eigenvalue weighted by Gasteiger charge is 2.16. The lowest BCUT2D eigenvalue weighted by atomic mass is 10.2. The van der Waals surface area contributed by atoms with E-state index in [1.54, 1.807) is 48.2 Å². The van der Waals surface area contributed by atoms with E-state index < -0.39 is 10.0 Å². The average molecular weight is 337 g/mol. The van der Waals surface area contributed by atoms with E-state index in [-0.39, 0.29) is 18.2 Å². The van der Waals surface area contributed by atoms with Crippen molar-refractivity contribution in [3.63, 3.8) is 0 Å². The Morgan fingerprint density at radius 1 is 1.09 bits per heavy atom. The Bertz CT molecular complexity index is 773. The van der Waals surface area contributed by atoms with Crippen LogP contribution in [0, 0.1) is 0 Å². The minimum absolute atomic E-state index is 0.198. The summed E-state index contributed by atoms with van der Waals surface area (Å²) in [6.45, 7) is 0.398. The molecule has 2 aromatic rings. The molecular weight excluding hydrogens is 322 g/mol. The highest BCUT2D eigenvalue weighted by Crippen LogP contribution is 2.32. The van der Waals surface area contributed by atoms with Crippen LogP contribution in [-0.4, -0.2) is 21.5 Å². The normalized spacial score (nSPS) is 13.3. The topological polar surface area (TPSA) is 64.6 Å². The summed E-state index contributed by atoms with van der Waals surface area (Å²) in [7, 11) is -3.53. The summed E-state index contributed by atoms with van der Waals surface area (Å²) in [4.78, 5) is 1.28. The van der Waals surface area contributed by atoms with E-state index in [1.165, 1.54) is 0 Å². The predicted octanol–water partition coefficient (Wildman–Crippen LogP) is 2.62. The van der Waals surface area contributed by atoms with Crippen LogP contribution in [0.2, 0.25) is 0 Å². The van der Waals surface area contributed by atoms with Crippen LogP contribution in [0.4, 0.5) is 0 Å². The first-order valence-electron chi connectivity index (χ1n) is 6.61. The molecule has 0 bridgehead atoms. The van der Waals surface area contributed by atoms with Crippen LogP contribution in [0.1, 0.15) is 5.56 Å². The second kappa shape index (κ2) is 6.20. The number of ether oxygens (including phenoxy) is 2. The van der Waals surface area contributed by atoms with Crippen molar-refractivity contribution in [1.82, 2.24) is 4.72 Å². The van der Waals surface area contributed by atoms with Gasteiger partial charge in [0.1, 0.15) is 0 Å². The van der Waals surface area contributed by atoms with Gasteiger partial charge in [-0.2, -0.15) is 0 Å². The molecule has 0 spiro atoms. The lowest BCUT2D eigenvalue weighted by Gasteiger charge is -2.08. The van der Waals surface area contributed by atoms with Crippen LogP contribution in [0.25, 0.3) is 0 Å². The van der Waals surface area contributed by atoms with Gasteiger partial charge in [0, 0.05) is 11.4 Å². The standard InChI is InChI=1S/C15H15NO4S2/c1-21-12-3-5-13(6-4-12)22(17,18)16-9-11-2-7-14-15(8-11)20-10-19-14/h2-8,16H,9-10H2,1H3. The summed E-state index contributed by atoms with van der Waals surface area (Å²) in [6.07, 6.45) is 1.95. The number of hydrogen-bond acceptors (Lipinski definition) is 5.